The molecule has 0 amide bonds. The second kappa shape index (κ2) is 5.06. The van der Waals surface area contributed by atoms with Crippen molar-refractivity contribution < 1.29 is 4.74 Å². The minimum Gasteiger partial charge on any atom is -0.497 e. The molecule has 1 aliphatic carbocycles. The van der Waals surface area contributed by atoms with E-state index in [1.165, 1.54) is 16.7 Å². The normalized spacial score (nSPS) is 21.8. The van der Waals surface area contributed by atoms with Gasteiger partial charge in [-0.15, -0.1) is 0 Å². The van der Waals surface area contributed by atoms with Gasteiger partial charge in [0.15, 0.2) is 0 Å². The first-order valence-corrected chi connectivity index (χ1v) is 6.77. The Bertz CT molecular complexity index is 562. The van der Waals surface area contributed by atoms with Crippen LogP contribution >= 0.6 is 0 Å². The van der Waals surface area contributed by atoms with Crippen molar-refractivity contribution in [3.63, 3.8) is 0 Å². The molecule has 2 heteroatoms. The Morgan fingerprint density at radius 2 is 1.79 bits per heavy atom. The van der Waals surface area contributed by atoms with Gasteiger partial charge in [0.2, 0.25) is 0 Å². The van der Waals surface area contributed by atoms with Crippen LogP contribution in [0.4, 0.5) is 0 Å². The molecule has 1 aliphatic rings. The monoisotopic (exact) mass is 253 g/mol. The van der Waals surface area contributed by atoms with E-state index in [0.29, 0.717) is 5.92 Å². The summed E-state index contributed by atoms with van der Waals surface area (Å²) in [7, 11) is 1.69. The van der Waals surface area contributed by atoms with E-state index in [4.69, 9.17) is 10.5 Å². The molecule has 2 aromatic carbocycles. The van der Waals surface area contributed by atoms with Crippen molar-refractivity contribution in [3.05, 3.63) is 65.2 Å². The van der Waals surface area contributed by atoms with Crippen molar-refractivity contribution >= 4 is 0 Å². The second-order valence-electron chi connectivity index (χ2n) is 5.14. The summed E-state index contributed by atoms with van der Waals surface area (Å²) in [5.41, 5.74) is 10.5. The number of aryl methyl sites for hydroxylation is 1. The van der Waals surface area contributed by atoms with Crippen molar-refractivity contribution in [2.75, 3.05) is 7.11 Å². The number of nitrogens with two attached hydrogens (primary N) is 1. The Balaban J connectivity index is 1.90. The number of hydrogen-bond donors (Lipinski definition) is 1. The molecule has 2 N–H and O–H groups in total. The molecule has 0 saturated heterocycles. The molecule has 3 rings (SSSR count). The van der Waals surface area contributed by atoms with Crippen LogP contribution in [-0.4, -0.2) is 7.11 Å². The third kappa shape index (κ3) is 2.24. The minimum absolute atomic E-state index is 0.0957. The summed E-state index contributed by atoms with van der Waals surface area (Å²) >= 11 is 0. The van der Waals surface area contributed by atoms with E-state index in [1.54, 1.807) is 7.11 Å². The molecule has 0 fully saturated rings. The third-order valence-electron chi connectivity index (χ3n) is 4.12. The van der Waals surface area contributed by atoms with Gasteiger partial charge in [0, 0.05) is 12.0 Å². The lowest BCUT2D eigenvalue weighted by Gasteiger charge is -2.31. The fraction of sp³-hybridized carbons (Fsp3) is 0.294. The van der Waals surface area contributed by atoms with Gasteiger partial charge in [-0.25, -0.2) is 0 Å². The largest absolute Gasteiger partial charge is 0.497 e. The fourth-order valence-electron chi connectivity index (χ4n) is 3.02. The average Bonchev–Trinajstić information content (AvgIpc) is 2.48. The summed E-state index contributed by atoms with van der Waals surface area (Å²) in [4.78, 5) is 0. The molecular formula is C17H19NO. The van der Waals surface area contributed by atoms with Gasteiger partial charge in [-0.2, -0.15) is 0 Å². The van der Waals surface area contributed by atoms with Gasteiger partial charge in [0.1, 0.15) is 5.75 Å². The quantitative estimate of drug-likeness (QED) is 0.890. The van der Waals surface area contributed by atoms with Crippen LogP contribution in [0.15, 0.2) is 48.5 Å². The number of benzene rings is 2. The fourth-order valence-corrected chi connectivity index (χ4v) is 3.02. The first kappa shape index (κ1) is 12.2. The molecular weight excluding hydrogens is 234 g/mol. The lowest BCUT2D eigenvalue weighted by molar-refractivity contribution is 0.414. The molecule has 2 atom stereocenters. The summed E-state index contributed by atoms with van der Waals surface area (Å²) in [5, 5.41) is 0. The lowest BCUT2D eigenvalue weighted by Crippen LogP contribution is -2.25. The van der Waals surface area contributed by atoms with E-state index in [2.05, 4.69) is 36.4 Å². The Morgan fingerprint density at radius 3 is 2.53 bits per heavy atom. The SMILES string of the molecule is COc1ccc(C2CCc3ccccc3C2N)cc1. The summed E-state index contributed by atoms with van der Waals surface area (Å²) < 4.78 is 5.21. The summed E-state index contributed by atoms with van der Waals surface area (Å²) in [6.45, 7) is 0. The third-order valence-corrected chi connectivity index (χ3v) is 4.12. The molecule has 2 nitrogen and oxygen atoms in total. The smallest absolute Gasteiger partial charge is 0.118 e. The predicted octanol–water partition coefficient (Wildman–Crippen LogP) is 3.43. The van der Waals surface area contributed by atoms with E-state index in [0.717, 1.165) is 18.6 Å². The van der Waals surface area contributed by atoms with Crippen LogP contribution in [0.3, 0.4) is 0 Å². The lowest BCUT2D eigenvalue weighted by atomic mass is 9.77. The summed E-state index contributed by atoms with van der Waals surface area (Å²) in [5.74, 6) is 1.30. The van der Waals surface area contributed by atoms with Crippen LogP contribution in [0, 0.1) is 0 Å². The van der Waals surface area contributed by atoms with Gasteiger partial charge in [0.25, 0.3) is 0 Å². The molecule has 0 aliphatic heterocycles. The highest BCUT2D eigenvalue weighted by Gasteiger charge is 2.27. The highest BCUT2D eigenvalue weighted by atomic mass is 16.5. The number of hydrogen-bond acceptors (Lipinski definition) is 2. The Morgan fingerprint density at radius 1 is 1.05 bits per heavy atom. The van der Waals surface area contributed by atoms with Gasteiger partial charge in [0.05, 0.1) is 7.11 Å². The standard InChI is InChI=1S/C17H19NO/c1-19-14-9-6-13(7-10-14)16-11-8-12-4-2-3-5-15(12)17(16)18/h2-7,9-10,16-17H,8,11,18H2,1H3. The summed E-state index contributed by atoms with van der Waals surface area (Å²) in [6.07, 6.45) is 2.23. The highest BCUT2D eigenvalue weighted by Crippen LogP contribution is 2.39. The van der Waals surface area contributed by atoms with Crippen molar-refractivity contribution in [1.82, 2.24) is 0 Å². The Kier molecular flexibility index (Phi) is 3.26. The molecule has 0 spiro atoms. The van der Waals surface area contributed by atoms with Gasteiger partial charge in [-0.1, -0.05) is 36.4 Å². The van der Waals surface area contributed by atoms with Crippen LogP contribution in [0.5, 0.6) is 5.75 Å². The first-order valence-electron chi connectivity index (χ1n) is 6.77. The van der Waals surface area contributed by atoms with Gasteiger partial charge >= 0.3 is 0 Å². The van der Waals surface area contributed by atoms with Crippen molar-refractivity contribution in [2.24, 2.45) is 5.73 Å². The number of fused-ring (bicyclic) bond motifs is 1. The molecule has 0 saturated carbocycles. The molecule has 19 heavy (non-hydrogen) atoms. The maximum absolute atomic E-state index is 6.46. The molecule has 2 aromatic rings. The first-order chi connectivity index (χ1) is 9.29. The predicted molar refractivity (Wildman–Crippen MR) is 77.4 cm³/mol. The topological polar surface area (TPSA) is 35.2 Å². The molecule has 98 valence electrons. The zero-order valence-corrected chi connectivity index (χ0v) is 11.2. The molecule has 0 bridgehead atoms. The molecule has 0 aromatic heterocycles. The van der Waals surface area contributed by atoms with Crippen LogP contribution in [-0.2, 0) is 6.42 Å². The van der Waals surface area contributed by atoms with Gasteiger partial charge in [-0.3, -0.25) is 0 Å². The van der Waals surface area contributed by atoms with Crippen LogP contribution in [0.2, 0.25) is 0 Å². The molecule has 0 radical (unpaired) electrons. The number of ether oxygens (including phenoxy) is 1. The molecule has 2 unspecified atom stereocenters. The van der Waals surface area contributed by atoms with Crippen molar-refractivity contribution in [1.29, 1.82) is 0 Å². The number of methoxy groups -OCH3 is 1. The van der Waals surface area contributed by atoms with E-state index >= 15 is 0 Å². The zero-order chi connectivity index (χ0) is 13.2. The van der Waals surface area contributed by atoms with Gasteiger partial charge in [-0.05, 0) is 41.7 Å². The molecule has 0 heterocycles. The maximum Gasteiger partial charge on any atom is 0.118 e. The Labute approximate surface area is 114 Å². The van der Waals surface area contributed by atoms with Crippen molar-refractivity contribution in [2.45, 2.75) is 24.8 Å². The van der Waals surface area contributed by atoms with E-state index < -0.39 is 0 Å². The zero-order valence-electron chi connectivity index (χ0n) is 11.2. The van der Waals surface area contributed by atoms with E-state index in [-0.39, 0.29) is 6.04 Å². The second-order valence-corrected chi connectivity index (χ2v) is 5.14. The highest BCUT2D eigenvalue weighted by molar-refractivity contribution is 5.38. The van der Waals surface area contributed by atoms with Gasteiger partial charge < -0.3 is 10.5 Å². The summed E-state index contributed by atoms with van der Waals surface area (Å²) in [6, 6.07) is 16.9. The maximum atomic E-state index is 6.46. The van der Waals surface area contributed by atoms with Crippen LogP contribution in [0.1, 0.15) is 35.1 Å². The van der Waals surface area contributed by atoms with Crippen molar-refractivity contribution in [3.8, 4) is 5.75 Å². The average molecular weight is 253 g/mol. The van der Waals surface area contributed by atoms with Crippen LogP contribution in [0.25, 0.3) is 0 Å². The van der Waals surface area contributed by atoms with Crippen LogP contribution < -0.4 is 10.5 Å². The van der Waals surface area contributed by atoms with E-state index in [1.807, 2.05) is 12.1 Å². The van der Waals surface area contributed by atoms with E-state index in [9.17, 15) is 0 Å². The number of rotatable bonds is 2. The Hall–Kier alpha value is -1.80. The minimum atomic E-state index is 0.0957.